The van der Waals surface area contributed by atoms with Gasteiger partial charge in [-0.25, -0.2) is 0 Å². The third kappa shape index (κ3) is 4.28. The Morgan fingerprint density at radius 3 is 2.65 bits per heavy atom. The van der Waals surface area contributed by atoms with E-state index in [1.54, 1.807) is 24.1 Å². The number of hydrogen-bond donors (Lipinski definition) is 1. The fourth-order valence-electron chi connectivity index (χ4n) is 1.19. The summed E-state index contributed by atoms with van der Waals surface area (Å²) in [6.45, 7) is 2.35. The van der Waals surface area contributed by atoms with Crippen molar-refractivity contribution in [3.63, 3.8) is 0 Å². The fourth-order valence-corrected chi connectivity index (χ4v) is 1.71. The van der Waals surface area contributed by atoms with Crippen LogP contribution in [0.1, 0.15) is 17.3 Å². The van der Waals surface area contributed by atoms with Crippen molar-refractivity contribution in [3.8, 4) is 0 Å². The molecule has 0 spiro atoms. The van der Waals surface area contributed by atoms with E-state index >= 15 is 0 Å². The molecular weight excluding hydrogens is 374 g/mol. The van der Waals surface area contributed by atoms with Gasteiger partial charge in [0.25, 0.3) is 5.91 Å². The fraction of sp³-hybridized carbons (Fsp3) is 0.364. The van der Waals surface area contributed by atoms with Gasteiger partial charge in [-0.2, -0.15) is 0 Å². The Morgan fingerprint density at radius 2 is 2.18 bits per heavy atom. The second kappa shape index (κ2) is 7.41. The minimum absolute atomic E-state index is 0. The zero-order valence-corrected chi connectivity index (χ0v) is 13.3. The number of benzene rings is 1. The smallest absolute Gasteiger partial charge is 0.253 e. The van der Waals surface area contributed by atoms with Crippen LogP contribution in [-0.4, -0.2) is 30.4 Å². The first-order valence-corrected chi connectivity index (χ1v) is 6.35. The second-order valence-electron chi connectivity index (χ2n) is 3.63. The van der Waals surface area contributed by atoms with Gasteiger partial charge in [-0.1, -0.05) is 11.6 Å². The van der Waals surface area contributed by atoms with E-state index in [-0.39, 0.29) is 24.4 Å². The number of carbonyl (C=O) groups excluding carboxylic acids is 1. The van der Waals surface area contributed by atoms with Crippen molar-refractivity contribution in [2.45, 2.75) is 13.0 Å². The zero-order valence-electron chi connectivity index (χ0n) is 9.61. The molecule has 1 aromatic carbocycles. The molecule has 17 heavy (non-hydrogen) atoms. The van der Waals surface area contributed by atoms with Crippen molar-refractivity contribution in [1.29, 1.82) is 0 Å². The van der Waals surface area contributed by atoms with Crippen molar-refractivity contribution >= 4 is 52.5 Å². The summed E-state index contributed by atoms with van der Waals surface area (Å²) < 4.78 is 0.936. The molecular formula is C11H15Cl2IN2O. The van der Waals surface area contributed by atoms with Crippen molar-refractivity contribution in [2.75, 3.05) is 13.6 Å². The van der Waals surface area contributed by atoms with E-state index in [9.17, 15) is 4.79 Å². The van der Waals surface area contributed by atoms with Gasteiger partial charge in [-0.15, -0.1) is 12.4 Å². The van der Waals surface area contributed by atoms with Crippen molar-refractivity contribution in [2.24, 2.45) is 5.73 Å². The highest BCUT2D eigenvalue weighted by atomic mass is 127. The lowest BCUT2D eigenvalue weighted by Gasteiger charge is -2.23. The molecule has 0 saturated carbocycles. The molecule has 1 aromatic rings. The van der Waals surface area contributed by atoms with E-state index in [1.807, 2.05) is 13.0 Å². The quantitative estimate of drug-likeness (QED) is 0.809. The summed E-state index contributed by atoms with van der Waals surface area (Å²) in [5.41, 5.74) is 6.11. The molecule has 96 valence electrons. The van der Waals surface area contributed by atoms with Gasteiger partial charge >= 0.3 is 0 Å². The van der Waals surface area contributed by atoms with E-state index in [1.165, 1.54) is 0 Å². The van der Waals surface area contributed by atoms with E-state index < -0.39 is 0 Å². The molecule has 2 N–H and O–H groups in total. The summed E-state index contributed by atoms with van der Waals surface area (Å²) in [5, 5.41) is 0.597. The first-order valence-electron chi connectivity index (χ1n) is 4.89. The van der Waals surface area contributed by atoms with Crippen LogP contribution < -0.4 is 5.73 Å². The Labute approximate surface area is 126 Å². The summed E-state index contributed by atoms with van der Waals surface area (Å²) in [4.78, 5) is 13.6. The molecule has 1 unspecified atom stereocenters. The van der Waals surface area contributed by atoms with Crippen molar-refractivity contribution < 1.29 is 4.79 Å². The Balaban J connectivity index is 0.00000256. The van der Waals surface area contributed by atoms with Crippen LogP contribution in [0.4, 0.5) is 0 Å². The largest absolute Gasteiger partial charge is 0.338 e. The standard InChI is InChI=1S/C11H14ClIN2O.ClH/c1-7(6-14)15(2)11(16)8-3-4-10(13)9(12)5-8;/h3-5,7H,6,14H2,1-2H3;1H. The molecule has 0 aliphatic heterocycles. The van der Waals surface area contributed by atoms with E-state index in [0.29, 0.717) is 17.1 Å². The summed E-state index contributed by atoms with van der Waals surface area (Å²) in [7, 11) is 1.74. The van der Waals surface area contributed by atoms with Gasteiger partial charge in [0, 0.05) is 28.8 Å². The number of nitrogens with two attached hydrogens (primary N) is 1. The Kier molecular flexibility index (Phi) is 7.39. The molecule has 0 aliphatic carbocycles. The van der Waals surface area contributed by atoms with Gasteiger partial charge in [0.2, 0.25) is 0 Å². The molecule has 6 heteroatoms. The molecule has 1 atom stereocenters. The lowest BCUT2D eigenvalue weighted by atomic mass is 10.2. The lowest BCUT2D eigenvalue weighted by molar-refractivity contribution is 0.0748. The predicted molar refractivity (Wildman–Crippen MR) is 82.0 cm³/mol. The van der Waals surface area contributed by atoms with E-state index in [0.717, 1.165) is 3.57 Å². The monoisotopic (exact) mass is 388 g/mol. The zero-order chi connectivity index (χ0) is 12.3. The summed E-state index contributed by atoms with van der Waals surface area (Å²) in [6.07, 6.45) is 0. The van der Waals surface area contributed by atoms with Crippen molar-refractivity contribution in [1.82, 2.24) is 4.90 Å². The number of hydrogen-bond acceptors (Lipinski definition) is 2. The van der Waals surface area contributed by atoms with Crippen LogP contribution in [0.25, 0.3) is 0 Å². The minimum atomic E-state index is -0.0590. The summed E-state index contributed by atoms with van der Waals surface area (Å²) >= 11 is 8.10. The highest BCUT2D eigenvalue weighted by molar-refractivity contribution is 14.1. The van der Waals surface area contributed by atoms with Gasteiger partial charge in [-0.3, -0.25) is 4.79 Å². The number of rotatable bonds is 3. The van der Waals surface area contributed by atoms with Gasteiger partial charge in [-0.05, 0) is 47.7 Å². The van der Waals surface area contributed by atoms with E-state index in [2.05, 4.69) is 22.6 Å². The first kappa shape index (κ1) is 17.0. The normalized spacial score (nSPS) is 11.6. The van der Waals surface area contributed by atoms with Crippen LogP contribution in [-0.2, 0) is 0 Å². The van der Waals surface area contributed by atoms with Gasteiger partial charge < -0.3 is 10.6 Å². The lowest BCUT2D eigenvalue weighted by Crippen LogP contribution is -2.39. The maximum atomic E-state index is 12.0. The number of likely N-dealkylation sites (N-methyl/N-ethyl adjacent to an activating group) is 1. The van der Waals surface area contributed by atoms with Gasteiger partial charge in [0.05, 0.1) is 5.02 Å². The number of nitrogens with zero attached hydrogens (tertiary/aromatic N) is 1. The topological polar surface area (TPSA) is 46.3 Å². The molecule has 0 heterocycles. The maximum Gasteiger partial charge on any atom is 0.253 e. The average molecular weight is 389 g/mol. The molecule has 0 fully saturated rings. The number of halogens is 3. The number of carbonyl (C=O) groups is 1. The highest BCUT2D eigenvalue weighted by Crippen LogP contribution is 2.20. The average Bonchev–Trinajstić information content (AvgIpc) is 2.29. The third-order valence-electron chi connectivity index (χ3n) is 2.49. The third-order valence-corrected chi connectivity index (χ3v) is 4.06. The molecule has 0 saturated heterocycles. The molecule has 0 radical (unpaired) electrons. The van der Waals surface area contributed by atoms with Crippen molar-refractivity contribution in [3.05, 3.63) is 32.4 Å². The Hall–Kier alpha value is -0.0400. The van der Waals surface area contributed by atoms with Crippen LogP contribution in [0, 0.1) is 3.57 Å². The van der Waals surface area contributed by atoms with Crippen LogP contribution >= 0.6 is 46.6 Å². The van der Waals surface area contributed by atoms with Crippen LogP contribution in [0.5, 0.6) is 0 Å². The minimum Gasteiger partial charge on any atom is -0.338 e. The molecule has 1 rings (SSSR count). The first-order chi connectivity index (χ1) is 7.47. The molecule has 0 aromatic heterocycles. The SMILES string of the molecule is CC(CN)N(C)C(=O)c1ccc(I)c(Cl)c1.Cl. The Morgan fingerprint density at radius 1 is 1.59 bits per heavy atom. The molecule has 1 amide bonds. The van der Waals surface area contributed by atoms with Crippen LogP contribution in [0.2, 0.25) is 5.02 Å². The number of amides is 1. The summed E-state index contributed by atoms with van der Waals surface area (Å²) in [6, 6.07) is 5.31. The van der Waals surface area contributed by atoms with Crippen LogP contribution in [0.15, 0.2) is 18.2 Å². The summed E-state index contributed by atoms with van der Waals surface area (Å²) in [5.74, 6) is -0.0590. The van der Waals surface area contributed by atoms with Gasteiger partial charge in [0.15, 0.2) is 0 Å². The molecule has 0 bridgehead atoms. The second-order valence-corrected chi connectivity index (χ2v) is 5.20. The predicted octanol–water partition coefficient (Wildman–Crippen LogP) is 2.79. The molecule has 0 aliphatic rings. The molecule has 3 nitrogen and oxygen atoms in total. The van der Waals surface area contributed by atoms with Gasteiger partial charge in [0.1, 0.15) is 0 Å². The van der Waals surface area contributed by atoms with E-state index in [4.69, 9.17) is 17.3 Å². The van der Waals surface area contributed by atoms with Crippen LogP contribution in [0.3, 0.4) is 0 Å². The maximum absolute atomic E-state index is 12.0. The Bertz CT molecular complexity index is 401. The highest BCUT2D eigenvalue weighted by Gasteiger charge is 2.16.